The van der Waals surface area contributed by atoms with Crippen molar-refractivity contribution >= 4 is 33.3 Å². The Hall–Kier alpha value is -3.36. The summed E-state index contributed by atoms with van der Waals surface area (Å²) in [6, 6.07) is 14.7. The van der Waals surface area contributed by atoms with Crippen molar-refractivity contribution in [2.45, 2.75) is 0 Å². The fraction of sp³-hybridized carbons (Fsp3) is 0.333. The zero-order chi connectivity index (χ0) is 21.3. The quantitative estimate of drug-likeness (QED) is 0.493. The molecule has 8 heteroatoms. The first-order valence-corrected chi connectivity index (χ1v) is 11.0. The number of rotatable bonds is 3. The molecular formula is C24H24N6O2. The fourth-order valence-electron chi connectivity index (χ4n) is 4.38. The second-order valence-corrected chi connectivity index (χ2v) is 8.06. The van der Waals surface area contributed by atoms with Gasteiger partial charge in [0.15, 0.2) is 17.5 Å². The van der Waals surface area contributed by atoms with Gasteiger partial charge >= 0.3 is 0 Å². The average Bonchev–Trinajstić information content (AvgIpc) is 2.88. The number of anilines is 2. The molecule has 4 heterocycles. The topological polar surface area (TPSA) is 76.5 Å². The van der Waals surface area contributed by atoms with Gasteiger partial charge in [-0.3, -0.25) is 0 Å². The van der Waals surface area contributed by atoms with E-state index in [4.69, 9.17) is 19.4 Å². The molecule has 0 spiro atoms. The Morgan fingerprint density at radius 1 is 0.719 bits per heavy atom. The molecule has 162 valence electrons. The summed E-state index contributed by atoms with van der Waals surface area (Å²) in [6.07, 6.45) is 1.90. The molecule has 0 aliphatic carbocycles. The van der Waals surface area contributed by atoms with E-state index in [0.717, 1.165) is 54.3 Å². The van der Waals surface area contributed by atoms with Crippen molar-refractivity contribution in [1.29, 1.82) is 0 Å². The standard InChI is InChI=1S/C24H24N6O2/c1-2-4-18-15-19(6-5-17(18)3-1)22-25-16-20-21(26-22)24(30-9-13-32-14-10-30)28-27-23(20)29-7-11-31-12-8-29/h1-6,15-16H,7-14H2. The molecule has 0 unspecified atom stereocenters. The molecule has 0 amide bonds. The molecule has 6 rings (SSSR count). The van der Waals surface area contributed by atoms with E-state index in [1.54, 1.807) is 0 Å². The third-order valence-electron chi connectivity index (χ3n) is 6.11. The minimum atomic E-state index is 0.678. The smallest absolute Gasteiger partial charge is 0.178 e. The van der Waals surface area contributed by atoms with Crippen molar-refractivity contribution in [3.63, 3.8) is 0 Å². The maximum absolute atomic E-state index is 5.54. The summed E-state index contributed by atoms with van der Waals surface area (Å²) in [7, 11) is 0. The van der Waals surface area contributed by atoms with Crippen LogP contribution in [0, 0.1) is 0 Å². The van der Waals surface area contributed by atoms with Gasteiger partial charge in [0, 0.05) is 37.9 Å². The monoisotopic (exact) mass is 428 g/mol. The predicted octanol–water partition coefficient (Wildman–Crippen LogP) is 2.91. The van der Waals surface area contributed by atoms with Crippen LogP contribution in [0.1, 0.15) is 0 Å². The Labute approximate surface area is 185 Å². The Bertz CT molecular complexity index is 1270. The molecule has 0 atom stereocenters. The van der Waals surface area contributed by atoms with Gasteiger partial charge in [-0.2, -0.15) is 0 Å². The van der Waals surface area contributed by atoms with Crippen LogP contribution in [-0.2, 0) is 9.47 Å². The van der Waals surface area contributed by atoms with Crippen molar-refractivity contribution in [2.75, 3.05) is 62.4 Å². The van der Waals surface area contributed by atoms with Crippen molar-refractivity contribution in [1.82, 2.24) is 20.2 Å². The van der Waals surface area contributed by atoms with Crippen LogP contribution in [0.3, 0.4) is 0 Å². The number of fused-ring (bicyclic) bond motifs is 2. The number of aromatic nitrogens is 4. The van der Waals surface area contributed by atoms with Crippen LogP contribution in [-0.4, -0.2) is 72.8 Å². The van der Waals surface area contributed by atoms with Crippen molar-refractivity contribution in [2.24, 2.45) is 0 Å². The molecule has 8 nitrogen and oxygen atoms in total. The first-order valence-electron chi connectivity index (χ1n) is 11.0. The normalized spacial score (nSPS) is 17.2. The Kier molecular flexibility index (Phi) is 5.01. The lowest BCUT2D eigenvalue weighted by atomic mass is 10.1. The molecular weight excluding hydrogens is 404 g/mol. The summed E-state index contributed by atoms with van der Waals surface area (Å²) >= 11 is 0. The summed E-state index contributed by atoms with van der Waals surface area (Å²) in [5.74, 6) is 2.31. The molecule has 2 fully saturated rings. The van der Waals surface area contributed by atoms with Crippen LogP contribution in [0.5, 0.6) is 0 Å². The molecule has 2 aromatic carbocycles. The third-order valence-corrected chi connectivity index (χ3v) is 6.11. The van der Waals surface area contributed by atoms with E-state index in [1.165, 1.54) is 10.8 Å². The Morgan fingerprint density at radius 2 is 1.38 bits per heavy atom. The highest BCUT2D eigenvalue weighted by atomic mass is 16.5. The highest BCUT2D eigenvalue weighted by molar-refractivity contribution is 5.97. The second-order valence-electron chi connectivity index (χ2n) is 8.06. The van der Waals surface area contributed by atoms with Crippen LogP contribution >= 0.6 is 0 Å². The first kappa shape index (κ1) is 19.3. The zero-order valence-electron chi connectivity index (χ0n) is 17.8. The fourth-order valence-corrected chi connectivity index (χ4v) is 4.38. The molecule has 0 N–H and O–H groups in total. The number of ether oxygens (including phenoxy) is 2. The van der Waals surface area contributed by atoms with Gasteiger partial charge in [-0.05, 0) is 16.8 Å². The van der Waals surface area contributed by atoms with Gasteiger partial charge in [0.25, 0.3) is 0 Å². The molecule has 0 saturated carbocycles. The molecule has 32 heavy (non-hydrogen) atoms. The Morgan fingerprint density at radius 3 is 2.12 bits per heavy atom. The van der Waals surface area contributed by atoms with Crippen LogP contribution in [0.25, 0.3) is 33.1 Å². The number of benzene rings is 2. The number of nitrogens with zero attached hydrogens (tertiary/aromatic N) is 6. The summed E-state index contributed by atoms with van der Waals surface area (Å²) in [5.41, 5.74) is 1.82. The van der Waals surface area contributed by atoms with Crippen molar-refractivity contribution in [3.8, 4) is 11.4 Å². The molecule has 4 aromatic rings. The molecule has 0 bridgehead atoms. The van der Waals surface area contributed by atoms with E-state index in [9.17, 15) is 0 Å². The minimum absolute atomic E-state index is 0.678. The van der Waals surface area contributed by atoms with E-state index < -0.39 is 0 Å². The molecule has 2 aliphatic heterocycles. The molecule has 2 aliphatic rings. The Balaban J connectivity index is 1.50. The molecule has 2 saturated heterocycles. The van der Waals surface area contributed by atoms with Gasteiger partial charge in [-0.25, -0.2) is 9.97 Å². The average molecular weight is 428 g/mol. The highest BCUT2D eigenvalue weighted by Gasteiger charge is 2.23. The lowest BCUT2D eigenvalue weighted by molar-refractivity contribution is 0.122. The van der Waals surface area contributed by atoms with Gasteiger partial charge in [-0.1, -0.05) is 36.4 Å². The van der Waals surface area contributed by atoms with E-state index in [0.29, 0.717) is 32.3 Å². The molecule has 2 aromatic heterocycles. The van der Waals surface area contributed by atoms with Gasteiger partial charge in [0.2, 0.25) is 0 Å². The number of hydrogen-bond donors (Lipinski definition) is 0. The number of morpholine rings is 2. The largest absolute Gasteiger partial charge is 0.378 e. The van der Waals surface area contributed by atoms with Crippen LogP contribution in [0.2, 0.25) is 0 Å². The maximum Gasteiger partial charge on any atom is 0.178 e. The van der Waals surface area contributed by atoms with Crippen molar-refractivity contribution < 1.29 is 9.47 Å². The summed E-state index contributed by atoms with van der Waals surface area (Å²) < 4.78 is 11.1. The van der Waals surface area contributed by atoms with Gasteiger partial charge in [-0.15, -0.1) is 10.2 Å². The van der Waals surface area contributed by atoms with Gasteiger partial charge < -0.3 is 19.3 Å². The van der Waals surface area contributed by atoms with Crippen LogP contribution in [0.4, 0.5) is 11.6 Å². The minimum Gasteiger partial charge on any atom is -0.378 e. The summed E-state index contributed by atoms with van der Waals surface area (Å²) in [5, 5.41) is 12.5. The number of hydrogen-bond acceptors (Lipinski definition) is 8. The third kappa shape index (κ3) is 3.51. The molecule has 0 radical (unpaired) electrons. The van der Waals surface area contributed by atoms with E-state index in [-0.39, 0.29) is 0 Å². The summed E-state index contributed by atoms with van der Waals surface area (Å²) in [6.45, 7) is 5.84. The first-order chi connectivity index (χ1) is 15.9. The second kappa shape index (κ2) is 8.29. The van der Waals surface area contributed by atoms with Crippen LogP contribution in [0.15, 0.2) is 48.7 Å². The van der Waals surface area contributed by atoms with E-state index in [2.05, 4.69) is 56.4 Å². The lowest BCUT2D eigenvalue weighted by Gasteiger charge is -2.30. The SMILES string of the molecule is c1ccc2cc(-c3ncc4c(N5CCOCC5)nnc(N5CCOCC5)c4n3)ccc2c1. The zero-order valence-corrected chi connectivity index (χ0v) is 17.8. The van der Waals surface area contributed by atoms with E-state index in [1.807, 2.05) is 12.3 Å². The van der Waals surface area contributed by atoms with Gasteiger partial charge in [0.1, 0.15) is 5.52 Å². The predicted molar refractivity (Wildman–Crippen MR) is 124 cm³/mol. The van der Waals surface area contributed by atoms with E-state index >= 15 is 0 Å². The highest BCUT2D eigenvalue weighted by Crippen LogP contribution is 2.32. The van der Waals surface area contributed by atoms with Crippen LogP contribution < -0.4 is 9.80 Å². The van der Waals surface area contributed by atoms with Crippen molar-refractivity contribution in [3.05, 3.63) is 48.7 Å². The van der Waals surface area contributed by atoms with Gasteiger partial charge in [0.05, 0.1) is 31.8 Å². The lowest BCUT2D eigenvalue weighted by Crippen LogP contribution is -2.38. The summed E-state index contributed by atoms with van der Waals surface area (Å²) in [4.78, 5) is 14.2. The maximum atomic E-state index is 5.54.